The van der Waals surface area contributed by atoms with E-state index in [0.29, 0.717) is 5.56 Å². The van der Waals surface area contributed by atoms with Gasteiger partial charge in [0.05, 0.1) is 11.7 Å². The number of hydrogen-bond donors (Lipinski definition) is 2. The molecule has 0 saturated carbocycles. The molecule has 0 saturated heterocycles. The number of rotatable bonds is 3. The van der Waals surface area contributed by atoms with Crippen LogP contribution in [0.25, 0.3) is 0 Å². The minimum absolute atomic E-state index is 0.234. The lowest BCUT2D eigenvalue weighted by Gasteiger charge is -2.18. The van der Waals surface area contributed by atoms with Crippen molar-refractivity contribution in [2.45, 2.75) is 13.0 Å². The summed E-state index contributed by atoms with van der Waals surface area (Å²) in [5.74, 6) is 5.38. The first-order chi connectivity index (χ1) is 9.02. The number of halogens is 3. The molecule has 1 aromatic heterocycles. The van der Waals surface area contributed by atoms with E-state index in [1.165, 1.54) is 6.07 Å². The van der Waals surface area contributed by atoms with E-state index in [4.69, 9.17) is 5.84 Å². The summed E-state index contributed by atoms with van der Waals surface area (Å²) in [6, 6.07) is 6.48. The number of pyridine rings is 1. The summed E-state index contributed by atoms with van der Waals surface area (Å²) < 4.78 is 15.0. The Balaban J connectivity index is 2.46. The maximum atomic E-state index is 13.3. The summed E-state index contributed by atoms with van der Waals surface area (Å²) in [5, 5.41) is 0. The average Bonchev–Trinajstić information content (AvgIpc) is 2.37. The van der Waals surface area contributed by atoms with Crippen LogP contribution in [0.4, 0.5) is 4.39 Å². The molecule has 6 heteroatoms. The van der Waals surface area contributed by atoms with E-state index in [9.17, 15) is 4.39 Å². The van der Waals surface area contributed by atoms with Crippen LogP contribution in [0.5, 0.6) is 0 Å². The molecule has 0 bridgehead atoms. The molecule has 1 heterocycles. The Hall–Kier alpha value is -0.820. The van der Waals surface area contributed by atoms with Gasteiger partial charge in [-0.05, 0) is 62.0 Å². The molecule has 0 amide bonds. The quantitative estimate of drug-likeness (QED) is 0.623. The molecular weight excluding hydrogens is 377 g/mol. The molecule has 1 unspecified atom stereocenters. The van der Waals surface area contributed by atoms with Crippen molar-refractivity contribution in [1.29, 1.82) is 0 Å². The molecule has 0 aliphatic carbocycles. The second-order valence-electron chi connectivity index (χ2n) is 4.13. The Labute approximate surface area is 127 Å². The molecule has 2 rings (SSSR count). The fourth-order valence-corrected chi connectivity index (χ4v) is 3.03. The highest BCUT2D eigenvalue weighted by Crippen LogP contribution is 2.29. The fraction of sp³-hybridized carbons (Fsp3) is 0.154. The van der Waals surface area contributed by atoms with Crippen molar-refractivity contribution < 1.29 is 4.39 Å². The highest BCUT2D eigenvalue weighted by atomic mass is 79.9. The monoisotopic (exact) mass is 387 g/mol. The zero-order valence-electron chi connectivity index (χ0n) is 10.1. The predicted molar refractivity (Wildman–Crippen MR) is 79.9 cm³/mol. The van der Waals surface area contributed by atoms with Crippen LogP contribution < -0.4 is 11.3 Å². The summed E-state index contributed by atoms with van der Waals surface area (Å²) >= 11 is 6.81. The summed E-state index contributed by atoms with van der Waals surface area (Å²) in [5.41, 5.74) is 4.89. The van der Waals surface area contributed by atoms with Crippen LogP contribution >= 0.6 is 31.9 Å². The van der Waals surface area contributed by atoms with Gasteiger partial charge in [0.2, 0.25) is 0 Å². The first-order valence-corrected chi connectivity index (χ1v) is 7.14. The van der Waals surface area contributed by atoms with Gasteiger partial charge < -0.3 is 0 Å². The third kappa shape index (κ3) is 3.20. The van der Waals surface area contributed by atoms with Crippen molar-refractivity contribution in [3.63, 3.8) is 0 Å². The van der Waals surface area contributed by atoms with E-state index >= 15 is 0 Å². The van der Waals surface area contributed by atoms with Gasteiger partial charge in [-0.15, -0.1) is 0 Å². The minimum atomic E-state index is -0.304. The predicted octanol–water partition coefficient (Wildman–Crippen LogP) is 3.61. The number of benzene rings is 1. The molecule has 2 aromatic rings. The zero-order valence-corrected chi connectivity index (χ0v) is 13.3. The lowest BCUT2D eigenvalue weighted by Crippen LogP contribution is -2.30. The van der Waals surface area contributed by atoms with E-state index in [-0.39, 0.29) is 11.9 Å². The molecule has 1 aromatic carbocycles. The highest BCUT2D eigenvalue weighted by Gasteiger charge is 2.18. The molecule has 0 aliphatic rings. The van der Waals surface area contributed by atoms with Crippen molar-refractivity contribution >= 4 is 31.9 Å². The second-order valence-corrected chi connectivity index (χ2v) is 5.90. The number of nitrogens with two attached hydrogens (primary N) is 1. The third-order valence-electron chi connectivity index (χ3n) is 2.79. The van der Waals surface area contributed by atoms with Crippen molar-refractivity contribution in [3.05, 3.63) is 62.0 Å². The normalized spacial score (nSPS) is 12.5. The molecule has 0 radical (unpaired) electrons. The standard InChI is InChI=1S/C13H12Br2FN3/c1-7-4-8(2-3-11(7)16)12(19-17)13-10(15)5-9(14)6-18-13/h2-6,12,19H,17H2,1H3. The molecule has 0 aliphatic heterocycles. The number of nitrogens with one attached hydrogen (secondary N) is 1. The van der Waals surface area contributed by atoms with Gasteiger partial charge in [0.25, 0.3) is 0 Å². The molecule has 1 atom stereocenters. The van der Waals surface area contributed by atoms with Crippen molar-refractivity contribution in [2.24, 2.45) is 5.84 Å². The van der Waals surface area contributed by atoms with E-state index in [2.05, 4.69) is 42.3 Å². The van der Waals surface area contributed by atoms with Crippen LogP contribution in [0.2, 0.25) is 0 Å². The van der Waals surface area contributed by atoms with Crippen LogP contribution in [-0.4, -0.2) is 4.98 Å². The number of aromatic nitrogens is 1. The van der Waals surface area contributed by atoms with E-state index < -0.39 is 0 Å². The van der Waals surface area contributed by atoms with Crippen LogP contribution in [0, 0.1) is 12.7 Å². The minimum Gasteiger partial charge on any atom is -0.271 e. The van der Waals surface area contributed by atoms with Gasteiger partial charge in [-0.3, -0.25) is 10.8 Å². The van der Waals surface area contributed by atoms with E-state index in [1.807, 2.05) is 6.07 Å². The van der Waals surface area contributed by atoms with Crippen LogP contribution in [-0.2, 0) is 0 Å². The first-order valence-electron chi connectivity index (χ1n) is 5.56. The maximum Gasteiger partial charge on any atom is 0.126 e. The summed E-state index contributed by atoms with van der Waals surface area (Å²) in [7, 11) is 0. The Morgan fingerprint density at radius 2 is 2.05 bits per heavy atom. The SMILES string of the molecule is Cc1cc(C(NN)c2ncc(Br)cc2Br)ccc1F. The maximum absolute atomic E-state index is 13.3. The molecular formula is C13H12Br2FN3. The van der Waals surface area contributed by atoms with Crippen LogP contribution in [0.15, 0.2) is 39.4 Å². The Kier molecular flexibility index (Phi) is 4.67. The van der Waals surface area contributed by atoms with Crippen LogP contribution in [0.3, 0.4) is 0 Å². The fourth-order valence-electron chi connectivity index (χ4n) is 1.82. The average molecular weight is 389 g/mol. The van der Waals surface area contributed by atoms with Gasteiger partial charge in [0, 0.05) is 15.1 Å². The lowest BCUT2D eigenvalue weighted by atomic mass is 10.0. The van der Waals surface area contributed by atoms with Gasteiger partial charge in [0.15, 0.2) is 0 Å². The highest BCUT2D eigenvalue weighted by molar-refractivity contribution is 9.11. The van der Waals surface area contributed by atoms with E-state index in [1.54, 1.807) is 25.3 Å². The van der Waals surface area contributed by atoms with Gasteiger partial charge in [-0.25, -0.2) is 9.82 Å². The van der Waals surface area contributed by atoms with Gasteiger partial charge >= 0.3 is 0 Å². The lowest BCUT2D eigenvalue weighted by molar-refractivity contribution is 0.600. The molecule has 0 fully saturated rings. The summed E-state index contributed by atoms with van der Waals surface area (Å²) in [4.78, 5) is 4.35. The largest absolute Gasteiger partial charge is 0.271 e. The van der Waals surface area contributed by atoms with E-state index in [0.717, 1.165) is 20.2 Å². The van der Waals surface area contributed by atoms with Crippen molar-refractivity contribution in [3.8, 4) is 0 Å². The van der Waals surface area contributed by atoms with Crippen molar-refractivity contribution in [2.75, 3.05) is 0 Å². The third-order valence-corrected chi connectivity index (χ3v) is 3.86. The number of hydrazine groups is 1. The number of hydrogen-bond acceptors (Lipinski definition) is 3. The molecule has 3 N–H and O–H groups in total. The Morgan fingerprint density at radius 3 is 2.63 bits per heavy atom. The zero-order chi connectivity index (χ0) is 14.0. The van der Waals surface area contributed by atoms with Gasteiger partial charge in [-0.2, -0.15) is 0 Å². The topological polar surface area (TPSA) is 50.9 Å². The second kappa shape index (κ2) is 6.09. The van der Waals surface area contributed by atoms with Gasteiger partial charge in [0.1, 0.15) is 5.82 Å². The molecule has 0 spiro atoms. The Morgan fingerprint density at radius 1 is 1.32 bits per heavy atom. The molecule has 19 heavy (non-hydrogen) atoms. The number of nitrogens with zero attached hydrogens (tertiary/aromatic N) is 1. The van der Waals surface area contributed by atoms with Gasteiger partial charge in [-0.1, -0.05) is 12.1 Å². The molecule has 3 nitrogen and oxygen atoms in total. The van der Waals surface area contributed by atoms with Crippen LogP contribution in [0.1, 0.15) is 22.9 Å². The molecule has 100 valence electrons. The number of aryl methyl sites for hydroxylation is 1. The first kappa shape index (κ1) is 14.6. The summed E-state index contributed by atoms with van der Waals surface area (Å²) in [6.07, 6.45) is 1.70. The smallest absolute Gasteiger partial charge is 0.126 e. The van der Waals surface area contributed by atoms with Crippen molar-refractivity contribution in [1.82, 2.24) is 10.4 Å². The Bertz CT molecular complexity index is 604. The summed E-state index contributed by atoms with van der Waals surface area (Å²) in [6.45, 7) is 1.72.